The molecular weight excluding hydrogens is 564 g/mol. The number of rotatable bonds is 14. The summed E-state index contributed by atoms with van der Waals surface area (Å²) in [6.07, 6.45) is 0.778. The van der Waals surface area contributed by atoms with Crippen molar-refractivity contribution < 1.29 is 27.4 Å². The van der Waals surface area contributed by atoms with Gasteiger partial charge in [-0.05, 0) is 61.7 Å². The predicted molar refractivity (Wildman–Crippen MR) is 162 cm³/mol. The molecule has 2 heterocycles. The second-order valence-electron chi connectivity index (χ2n) is 10.1. The maximum atomic E-state index is 13.9. The van der Waals surface area contributed by atoms with Crippen LogP contribution in [-0.4, -0.2) is 108 Å². The number of hydrogen-bond acceptors (Lipinski definition) is 9. The summed E-state index contributed by atoms with van der Waals surface area (Å²) in [6, 6.07) is 10.3. The molecule has 1 saturated heterocycles. The van der Waals surface area contributed by atoms with Crippen LogP contribution in [0.15, 0.2) is 41.3 Å². The van der Waals surface area contributed by atoms with E-state index in [-0.39, 0.29) is 37.1 Å². The van der Waals surface area contributed by atoms with E-state index < -0.39 is 10.0 Å². The minimum Gasteiger partial charge on any atom is -0.383 e. The van der Waals surface area contributed by atoms with Gasteiger partial charge in [0.1, 0.15) is 0 Å². The fraction of sp³-hybridized carbons (Fsp3) is 0.517. The van der Waals surface area contributed by atoms with Crippen LogP contribution in [-0.2, 0) is 24.2 Å². The summed E-state index contributed by atoms with van der Waals surface area (Å²) in [5.41, 5.74) is 3.54. The van der Waals surface area contributed by atoms with Gasteiger partial charge in [-0.2, -0.15) is 4.31 Å². The van der Waals surface area contributed by atoms with E-state index in [4.69, 9.17) is 19.2 Å². The number of anilines is 1. The minimum atomic E-state index is -3.79. The Balaban J connectivity index is 1.58. The van der Waals surface area contributed by atoms with Crippen molar-refractivity contribution in [3.8, 4) is 0 Å². The summed E-state index contributed by atoms with van der Waals surface area (Å²) in [4.78, 5) is 22.9. The van der Waals surface area contributed by atoms with Crippen molar-refractivity contribution in [1.29, 1.82) is 0 Å². The molecule has 0 radical (unpaired) electrons. The van der Waals surface area contributed by atoms with Crippen molar-refractivity contribution in [3.05, 3.63) is 53.1 Å². The molecule has 3 aromatic rings. The number of fused-ring (bicyclic) bond motifs is 1. The van der Waals surface area contributed by atoms with Crippen LogP contribution in [0.1, 0.15) is 27.9 Å². The first-order valence-corrected chi connectivity index (χ1v) is 16.1. The third-order valence-corrected chi connectivity index (χ3v) is 10.2. The number of benzene rings is 2. The molecule has 0 atom stereocenters. The maximum Gasteiger partial charge on any atom is 0.260 e. The first-order valence-electron chi connectivity index (χ1n) is 13.8. The number of hydrogen-bond donors (Lipinski definition) is 0. The quantitative estimate of drug-likeness (QED) is 0.275. The highest BCUT2D eigenvalue weighted by Gasteiger charge is 2.26. The van der Waals surface area contributed by atoms with E-state index in [1.807, 2.05) is 13.0 Å². The highest BCUT2D eigenvalue weighted by Crippen LogP contribution is 2.33. The Morgan fingerprint density at radius 2 is 1.68 bits per heavy atom. The Hall–Kier alpha value is -2.45. The van der Waals surface area contributed by atoms with Crippen molar-refractivity contribution in [2.45, 2.75) is 25.2 Å². The van der Waals surface area contributed by atoms with E-state index in [1.54, 1.807) is 17.0 Å². The molecule has 12 heteroatoms. The Bertz CT molecular complexity index is 1400. The number of methoxy groups -OCH3 is 2. The molecule has 0 saturated carbocycles. The van der Waals surface area contributed by atoms with Gasteiger partial charge in [-0.1, -0.05) is 17.4 Å². The maximum absolute atomic E-state index is 13.9. The summed E-state index contributed by atoms with van der Waals surface area (Å²) in [5, 5.41) is 0.641. The first kappa shape index (κ1) is 31.5. The van der Waals surface area contributed by atoms with Gasteiger partial charge in [0.2, 0.25) is 10.0 Å². The molecule has 0 N–H and O–H groups in total. The lowest BCUT2D eigenvalue weighted by Crippen LogP contribution is -2.39. The Labute approximate surface area is 246 Å². The third kappa shape index (κ3) is 7.89. The summed E-state index contributed by atoms with van der Waals surface area (Å²) < 4.78 is 44.7. The third-order valence-electron chi connectivity index (χ3n) is 7.07. The number of aromatic nitrogens is 1. The highest BCUT2D eigenvalue weighted by molar-refractivity contribution is 7.89. The van der Waals surface area contributed by atoms with Gasteiger partial charge in [0.05, 0.1) is 41.5 Å². The predicted octanol–water partition coefficient (Wildman–Crippen LogP) is 3.57. The Morgan fingerprint density at radius 1 is 1.02 bits per heavy atom. The largest absolute Gasteiger partial charge is 0.383 e. The van der Waals surface area contributed by atoms with Crippen LogP contribution >= 0.6 is 11.3 Å². The lowest BCUT2D eigenvalue weighted by molar-refractivity contribution is 0.0376. The van der Waals surface area contributed by atoms with Crippen LogP contribution in [0.25, 0.3) is 10.2 Å². The number of amides is 1. The topological polar surface area (TPSA) is 102 Å². The molecule has 41 heavy (non-hydrogen) atoms. The van der Waals surface area contributed by atoms with Gasteiger partial charge in [0.25, 0.3) is 5.91 Å². The van der Waals surface area contributed by atoms with E-state index >= 15 is 0 Å². The SMILES string of the molecule is COCCN(CCOC)S(=O)(=O)c1ccc(C(=O)N(CCCN2CCOCC2)c2nc3cc(C)cc(C)c3s2)cc1. The zero-order valence-electron chi connectivity index (χ0n) is 24.3. The molecule has 0 spiro atoms. The molecule has 0 unspecified atom stereocenters. The van der Waals surface area contributed by atoms with Crippen molar-refractivity contribution in [1.82, 2.24) is 14.2 Å². The fourth-order valence-electron chi connectivity index (χ4n) is 4.85. The van der Waals surface area contributed by atoms with Crippen LogP contribution in [0.2, 0.25) is 0 Å². The molecular formula is C29H40N4O6S2. The summed E-state index contributed by atoms with van der Waals surface area (Å²) >= 11 is 1.51. The number of carbonyl (C=O) groups excluding carboxylic acids is 1. The standard InChI is InChI=1S/C29H40N4O6S2/c1-22-20-23(2)27-26(21-22)30-29(40-27)33(11-5-10-31-12-18-39-19-13-31)28(34)24-6-8-25(9-7-24)41(35,36)32(14-16-37-3)15-17-38-4/h6-9,20-21H,5,10-19H2,1-4H3. The molecule has 1 fully saturated rings. The number of ether oxygens (including phenoxy) is 3. The van der Waals surface area contributed by atoms with Crippen LogP contribution in [0.4, 0.5) is 5.13 Å². The van der Waals surface area contributed by atoms with E-state index in [0.29, 0.717) is 17.2 Å². The summed E-state index contributed by atoms with van der Waals surface area (Å²) in [5.74, 6) is -0.208. The molecule has 224 valence electrons. The zero-order chi connectivity index (χ0) is 29.4. The molecule has 4 rings (SSSR count). The number of aryl methyl sites for hydroxylation is 2. The Kier molecular flexibility index (Phi) is 11.2. The number of morpholine rings is 1. The molecule has 0 bridgehead atoms. The van der Waals surface area contributed by atoms with Crippen molar-refractivity contribution in [3.63, 3.8) is 0 Å². The second-order valence-corrected chi connectivity index (χ2v) is 13.0. The fourth-order valence-corrected chi connectivity index (χ4v) is 7.30. The Morgan fingerprint density at radius 3 is 2.32 bits per heavy atom. The van der Waals surface area contributed by atoms with E-state index in [2.05, 4.69) is 17.9 Å². The van der Waals surface area contributed by atoms with Crippen LogP contribution < -0.4 is 4.90 Å². The number of carbonyl (C=O) groups is 1. The highest BCUT2D eigenvalue weighted by atomic mass is 32.2. The van der Waals surface area contributed by atoms with E-state index in [0.717, 1.165) is 60.6 Å². The summed E-state index contributed by atoms with van der Waals surface area (Å²) in [7, 11) is -0.731. The van der Waals surface area contributed by atoms with Crippen LogP contribution in [0.5, 0.6) is 0 Å². The zero-order valence-corrected chi connectivity index (χ0v) is 25.9. The molecule has 1 amide bonds. The second kappa shape index (κ2) is 14.6. The lowest BCUT2D eigenvalue weighted by atomic mass is 10.1. The first-order chi connectivity index (χ1) is 19.7. The van der Waals surface area contributed by atoms with Gasteiger partial charge in [0.15, 0.2) is 5.13 Å². The average molecular weight is 605 g/mol. The van der Waals surface area contributed by atoms with Crippen molar-refractivity contribution >= 4 is 42.6 Å². The molecule has 0 aliphatic carbocycles. The van der Waals surface area contributed by atoms with Gasteiger partial charge in [-0.15, -0.1) is 0 Å². The van der Waals surface area contributed by atoms with Gasteiger partial charge >= 0.3 is 0 Å². The number of nitrogens with zero attached hydrogens (tertiary/aromatic N) is 4. The molecule has 2 aromatic carbocycles. The van der Waals surface area contributed by atoms with E-state index in [1.165, 1.54) is 42.0 Å². The van der Waals surface area contributed by atoms with Gasteiger partial charge in [-0.25, -0.2) is 13.4 Å². The van der Waals surface area contributed by atoms with Gasteiger partial charge < -0.3 is 14.2 Å². The van der Waals surface area contributed by atoms with Gasteiger partial charge in [-0.3, -0.25) is 14.6 Å². The molecule has 1 aliphatic rings. The van der Waals surface area contributed by atoms with Gasteiger partial charge in [0, 0.05) is 59.1 Å². The molecule has 1 aliphatic heterocycles. The lowest BCUT2D eigenvalue weighted by Gasteiger charge is -2.27. The molecule has 1 aromatic heterocycles. The van der Waals surface area contributed by atoms with E-state index in [9.17, 15) is 13.2 Å². The number of sulfonamides is 1. The monoisotopic (exact) mass is 604 g/mol. The van der Waals surface area contributed by atoms with Crippen molar-refractivity contribution in [2.75, 3.05) is 84.8 Å². The smallest absolute Gasteiger partial charge is 0.260 e. The van der Waals surface area contributed by atoms with Crippen LogP contribution in [0, 0.1) is 13.8 Å². The minimum absolute atomic E-state index is 0.117. The molecule has 10 nitrogen and oxygen atoms in total. The van der Waals surface area contributed by atoms with Crippen molar-refractivity contribution in [2.24, 2.45) is 0 Å². The average Bonchev–Trinajstić information content (AvgIpc) is 3.39. The van der Waals surface area contributed by atoms with Crippen LogP contribution in [0.3, 0.4) is 0 Å². The normalized spacial score (nSPS) is 14.7. The summed E-state index contributed by atoms with van der Waals surface area (Å²) in [6.45, 7) is 9.60. The number of thiazole rings is 1.